The fraction of sp³-hybridized carbons (Fsp3) is 0.615. The van der Waals surface area contributed by atoms with Gasteiger partial charge in [-0.25, -0.2) is 0 Å². The van der Waals surface area contributed by atoms with E-state index in [0.29, 0.717) is 6.61 Å². The zero-order valence-electron chi connectivity index (χ0n) is 10.9. The van der Waals surface area contributed by atoms with Gasteiger partial charge in [-0.15, -0.1) is 0 Å². The first-order valence-corrected chi connectivity index (χ1v) is 7.89. The van der Waals surface area contributed by atoms with Gasteiger partial charge in [0.2, 0.25) is 0 Å². The van der Waals surface area contributed by atoms with Gasteiger partial charge in [0.1, 0.15) is 0 Å². The number of nitrogens with one attached hydrogen (secondary N) is 1. The second kappa shape index (κ2) is 9.02. The summed E-state index contributed by atoms with van der Waals surface area (Å²) in [4.78, 5) is 4.47. The number of hydrogen-bond donors (Lipinski definition) is 1. The summed E-state index contributed by atoms with van der Waals surface area (Å²) in [5.74, 6) is 0. The van der Waals surface area contributed by atoms with Crippen molar-refractivity contribution in [2.75, 3.05) is 19.8 Å². The Balaban J connectivity index is 2.73. The maximum absolute atomic E-state index is 5.65. The molecule has 0 saturated heterocycles. The number of pyridine rings is 1. The smallest absolute Gasteiger partial charge is 0.0744 e. The Morgan fingerprint density at radius 3 is 2.72 bits per heavy atom. The van der Waals surface area contributed by atoms with Crippen LogP contribution in [0.3, 0.4) is 0 Å². The highest BCUT2D eigenvalue weighted by Gasteiger charge is 2.15. The third kappa shape index (κ3) is 5.34. The van der Waals surface area contributed by atoms with Crippen LogP contribution >= 0.6 is 31.9 Å². The molecule has 1 heterocycles. The second-order valence-electron chi connectivity index (χ2n) is 4.10. The van der Waals surface area contributed by atoms with Crippen molar-refractivity contribution in [1.29, 1.82) is 0 Å². The molecule has 0 aliphatic heterocycles. The van der Waals surface area contributed by atoms with Gasteiger partial charge in [-0.1, -0.05) is 13.8 Å². The average molecular weight is 380 g/mol. The van der Waals surface area contributed by atoms with Crippen LogP contribution in [-0.4, -0.2) is 24.7 Å². The molecule has 0 aliphatic carbocycles. The molecule has 102 valence electrons. The normalized spacial score (nSPS) is 12.7. The van der Waals surface area contributed by atoms with Gasteiger partial charge in [-0.2, -0.15) is 0 Å². The molecular weight excluding hydrogens is 360 g/mol. The summed E-state index contributed by atoms with van der Waals surface area (Å²) in [6.45, 7) is 6.67. The fourth-order valence-electron chi connectivity index (χ4n) is 1.58. The van der Waals surface area contributed by atoms with Gasteiger partial charge in [0.15, 0.2) is 0 Å². The van der Waals surface area contributed by atoms with Crippen molar-refractivity contribution >= 4 is 31.9 Å². The van der Waals surface area contributed by atoms with Crippen LogP contribution in [0, 0.1) is 0 Å². The Bertz CT molecular complexity index is 361. The van der Waals surface area contributed by atoms with Gasteiger partial charge in [-0.3, -0.25) is 4.98 Å². The summed E-state index contributed by atoms with van der Waals surface area (Å²) < 4.78 is 7.63. The van der Waals surface area contributed by atoms with Crippen molar-refractivity contribution in [2.24, 2.45) is 0 Å². The number of rotatable bonds is 8. The molecule has 5 heteroatoms. The predicted molar refractivity (Wildman–Crippen MR) is 81.8 cm³/mol. The maximum Gasteiger partial charge on any atom is 0.0744 e. The standard InChI is InChI=1S/C13H20Br2N2O/c1-3-5-16-12(9-18-6-4-2)13-11(15)7-10(14)8-17-13/h7-8,12,16H,3-6,9H2,1-2H3. The Morgan fingerprint density at radius 2 is 2.11 bits per heavy atom. The van der Waals surface area contributed by atoms with Gasteiger partial charge in [0.05, 0.1) is 18.3 Å². The zero-order valence-corrected chi connectivity index (χ0v) is 14.1. The first-order chi connectivity index (χ1) is 8.69. The number of hydrogen-bond acceptors (Lipinski definition) is 3. The third-order valence-corrected chi connectivity index (χ3v) is 3.51. The lowest BCUT2D eigenvalue weighted by Crippen LogP contribution is -2.27. The number of nitrogens with zero attached hydrogens (tertiary/aromatic N) is 1. The van der Waals surface area contributed by atoms with E-state index in [0.717, 1.165) is 40.6 Å². The molecule has 0 aliphatic rings. The fourth-order valence-corrected chi connectivity index (χ4v) is 2.84. The van der Waals surface area contributed by atoms with Crippen LogP contribution in [0.25, 0.3) is 0 Å². The van der Waals surface area contributed by atoms with Crippen molar-refractivity contribution in [3.05, 3.63) is 26.9 Å². The van der Waals surface area contributed by atoms with Crippen LogP contribution in [0.2, 0.25) is 0 Å². The Morgan fingerprint density at radius 1 is 1.33 bits per heavy atom. The summed E-state index contributed by atoms with van der Waals surface area (Å²) in [5, 5.41) is 3.47. The summed E-state index contributed by atoms with van der Waals surface area (Å²) >= 11 is 6.98. The van der Waals surface area contributed by atoms with E-state index in [-0.39, 0.29) is 6.04 Å². The van der Waals surface area contributed by atoms with E-state index in [9.17, 15) is 0 Å². The molecule has 1 aromatic heterocycles. The van der Waals surface area contributed by atoms with Crippen LogP contribution < -0.4 is 5.32 Å². The van der Waals surface area contributed by atoms with Crippen molar-refractivity contribution in [3.8, 4) is 0 Å². The molecule has 1 rings (SSSR count). The molecule has 0 aromatic carbocycles. The molecule has 0 spiro atoms. The number of ether oxygens (including phenoxy) is 1. The molecule has 0 amide bonds. The minimum absolute atomic E-state index is 0.138. The first-order valence-electron chi connectivity index (χ1n) is 6.31. The zero-order chi connectivity index (χ0) is 13.4. The molecule has 1 atom stereocenters. The first kappa shape index (κ1) is 16.1. The van der Waals surface area contributed by atoms with E-state index in [2.05, 4.69) is 56.0 Å². The minimum atomic E-state index is 0.138. The second-order valence-corrected chi connectivity index (χ2v) is 5.87. The van der Waals surface area contributed by atoms with E-state index in [1.54, 1.807) is 0 Å². The van der Waals surface area contributed by atoms with Crippen molar-refractivity contribution in [2.45, 2.75) is 32.7 Å². The third-order valence-electron chi connectivity index (χ3n) is 2.44. The topological polar surface area (TPSA) is 34.1 Å². The van der Waals surface area contributed by atoms with Crippen LogP contribution in [0.1, 0.15) is 38.4 Å². The van der Waals surface area contributed by atoms with Gasteiger partial charge in [0, 0.05) is 21.7 Å². The highest BCUT2D eigenvalue weighted by Crippen LogP contribution is 2.24. The highest BCUT2D eigenvalue weighted by molar-refractivity contribution is 9.11. The lowest BCUT2D eigenvalue weighted by atomic mass is 10.2. The van der Waals surface area contributed by atoms with Crippen LogP contribution in [0.5, 0.6) is 0 Å². The van der Waals surface area contributed by atoms with E-state index in [1.807, 2.05) is 12.3 Å². The summed E-state index contributed by atoms with van der Waals surface area (Å²) in [7, 11) is 0. The Kier molecular flexibility index (Phi) is 8.06. The lowest BCUT2D eigenvalue weighted by Gasteiger charge is -2.19. The van der Waals surface area contributed by atoms with E-state index in [1.165, 1.54) is 0 Å². The van der Waals surface area contributed by atoms with E-state index < -0.39 is 0 Å². The quantitative estimate of drug-likeness (QED) is 0.691. The van der Waals surface area contributed by atoms with Crippen molar-refractivity contribution in [1.82, 2.24) is 10.3 Å². The lowest BCUT2D eigenvalue weighted by molar-refractivity contribution is 0.110. The minimum Gasteiger partial charge on any atom is -0.379 e. The summed E-state index contributed by atoms with van der Waals surface area (Å²) in [5.41, 5.74) is 1.00. The molecular formula is C13H20Br2N2O. The molecule has 1 unspecified atom stereocenters. The molecule has 0 fully saturated rings. The monoisotopic (exact) mass is 378 g/mol. The summed E-state index contributed by atoms with van der Waals surface area (Å²) in [6.07, 6.45) is 3.95. The van der Waals surface area contributed by atoms with Gasteiger partial charge in [-0.05, 0) is 57.3 Å². The van der Waals surface area contributed by atoms with Crippen molar-refractivity contribution in [3.63, 3.8) is 0 Å². The molecule has 1 N–H and O–H groups in total. The Hall–Kier alpha value is 0.0300. The van der Waals surface area contributed by atoms with E-state index in [4.69, 9.17) is 4.74 Å². The summed E-state index contributed by atoms with van der Waals surface area (Å²) in [6, 6.07) is 2.15. The largest absolute Gasteiger partial charge is 0.379 e. The van der Waals surface area contributed by atoms with Crippen molar-refractivity contribution < 1.29 is 4.74 Å². The predicted octanol–water partition coefficient (Wildman–Crippen LogP) is 4.07. The van der Waals surface area contributed by atoms with Crippen LogP contribution in [0.4, 0.5) is 0 Å². The average Bonchev–Trinajstić information content (AvgIpc) is 2.34. The highest BCUT2D eigenvalue weighted by atomic mass is 79.9. The molecule has 18 heavy (non-hydrogen) atoms. The van der Waals surface area contributed by atoms with Gasteiger partial charge < -0.3 is 10.1 Å². The SMILES string of the molecule is CCCNC(COCCC)c1ncc(Br)cc1Br. The molecule has 0 saturated carbocycles. The molecule has 0 radical (unpaired) electrons. The van der Waals surface area contributed by atoms with Crippen LogP contribution in [0.15, 0.2) is 21.2 Å². The molecule has 1 aromatic rings. The number of halogens is 2. The van der Waals surface area contributed by atoms with Gasteiger partial charge in [0.25, 0.3) is 0 Å². The van der Waals surface area contributed by atoms with Crippen LogP contribution in [-0.2, 0) is 4.74 Å². The molecule has 3 nitrogen and oxygen atoms in total. The number of aromatic nitrogens is 1. The van der Waals surface area contributed by atoms with Gasteiger partial charge >= 0.3 is 0 Å². The Labute approximate surface area is 126 Å². The maximum atomic E-state index is 5.65. The molecule has 0 bridgehead atoms. The van der Waals surface area contributed by atoms with E-state index >= 15 is 0 Å².